The van der Waals surface area contributed by atoms with Crippen LogP contribution < -0.4 is 11.1 Å². The van der Waals surface area contributed by atoms with Crippen molar-refractivity contribution in [2.75, 3.05) is 0 Å². The lowest BCUT2D eigenvalue weighted by Crippen LogP contribution is -2.31. The molecular weight excluding hydrogens is 216 g/mol. The van der Waals surface area contributed by atoms with Crippen LogP contribution in [0.5, 0.6) is 0 Å². The van der Waals surface area contributed by atoms with E-state index in [9.17, 15) is 0 Å². The zero-order valence-electron chi connectivity index (χ0n) is 10.4. The van der Waals surface area contributed by atoms with Crippen LogP contribution in [0, 0.1) is 0 Å². The van der Waals surface area contributed by atoms with Crippen molar-refractivity contribution < 1.29 is 0 Å². The lowest BCUT2D eigenvalue weighted by Gasteiger charge is -2.20. The van der Waals surface area contributed by atoms with Gasteiger partial charge in [-0.2, -0.15) is 0 Å². The first-order valence-electron chi connectivity index (χ1n) is 5.44. The van der Waals surface area contributed by atoms with Crippen LogP contribution in [0.25, 0.3) is 0 Å². The fourth-order valence-electron chi connectivity index (χ4n) is 1.49. The van der Waals surface area contributed by atoms with Crippen molar-refractivity contribution in [3.63, 3.8) is 0 Å². The zero-order chi connectivity index (χ0) is 12.3. The lowest BCUT2D eigenvalue weighted by molar-refractivity contribution is 0.588. The highest BCUT2D eigenvalue weighted by Crippen LogP contribution is 2.23. The van der Waals surface area contributed by atoms with Crippen LogP contribution in [-0.2, 0) is 5.41 Å². The molecule has 0 radical (unpaired) electrons. The van der Waals surface area contributed by atoms with Gasteiger partial charge < -0.3 is 11.1 Å². The van der Waals surface area contributed by atoms with Gasteiger partial charge in [0.1, 0.15) is 6.17 Å². The Hall–Kier alpha value is -0.930. The van der Waals surface area contributed by atoms with E-state index in [-0.39, 0.29) is 11.6 Å². The Balaban J connectivity index is 2.83. The van der Waals surface area contributed by atoms with Gasteiger partial charge in [-0.1, -0.05) is 57.3 Å². The molecule has 1 atom stereocenters. The van der Waals surface area contributed by atoms with Crippen molar-refractivity contribution in [3.8, 4) is 0 Å². The maximum Gasteiger partial charge on any atom is 0.101 e. The largest absolute Gasteiger partial charge is 0.361 e. The Kier molecular flexibility index (Phi) is 4.05. The van der Waals surface area contributed by atoms with Crippen LogP contribution in [0.15, 0.2) is 24.3 Å². The number of hydrogen-bond acceptors (Lipinski definition) is 2. The number of rotatable bonds is 2. The topological polar surface area (TPSA) is 38.0 Å². The summed E-state index contributed by atoms with van der Waals surface area (Å²) in [6, 6.07) is 8.35. The Labute approximate surface area is 103 Å². The van der Waals surface area contributed by atoms with E-state index in [1.165, 1.54) is 5.56 Å². The van der Waals surface area contributed by atoms with E-state index < -0.39 is 0 Å². The predicted molar refractivity (Wildman–Crippen MR) is 73.5 cm³/mol. The third kappa shape index (κ3) is 3.58. The van der Waals surface area contributed by atoms with Crippen LogP contribution in [-0.4, -0.2) is 4.99 Å². The first kappa shape index (κ1) is 13.1. The van der Waals surface area contributed by atoms with E-state index in [1.54, 1.807) is 0 Å². The fourth-order valence-corrected chi connectivity index (χ4v) is 1.62. The quantitative estimate of drug-likeness (QED) is 0.612. The van der Waals surface area contributed by atoms with Gasteiger partial charge >= 0.3 is 0 Å². The summed E-state index contributed by atoms with van der Waals surface area (Å²) in [5, 5.41) is 3.03. The lowest BCUT2D eigenvalue weighted by atomic mass is 9.86. The molecule has 0 heterocycles. The highest BCUT2D eigenvalue weighted by atomic mass is 32.1. The maximum absolute atomic E-state index is 5.96. The summed E-state index contributed by atoms with van der Waals surface area (Å²) in [6.45, 7) is 8.42. The van der Waals surface area contributed by atoms with Gasteiger partial charge in [-0.25, -0.2) is 0 Å². The Morgan fingerprint density at radius 2 is 1.75 bits per heavy atom. The van der Waals surface area contributed by atoms with E-state index in [2.05, 4.69) is 50.4 Å². The third-order valence-electron chi connectivity index (χ3n) is 2.49. The van der Waals surface area contributed by atoms with Crippen LogP contribution in [0.2, 0.25) is 0 Å². The van der Waals surface area contributed by atoms with Crippen molar-refractivity contribution >= 4 is 17.2 Å². The molecule has 1 aromatic rings. The summed E-state index contributed by atoms with van der Waals surface area (Å²) < 4.78 is 0. The first-order chi connectivity index (χ1) is 7.30. The maximum atomic E-state index is 5.96. The summed E-state index contributed by atoms with van der Waals surface area (Å²) in [6.07, 6.45) is -0.216. The normalized spacial score (nSPS) is 13.3. The SMILES string of the molecule is CC(=S)NC(N)c1ccc(C(C)(C)C)cc1. The third-order valence-corrected chi connectivity index (χ3v) is 2.61. The average Bonchev–Trinajstić information content (AvgIpc) is 2.15. The Morgan fingerprint density at radius 1 is 1.25 bits per heavy atom. The molecule has 0 fully saturated rings. The molecule has 0 aliphatic carbocycles. The molecule has 0 amide bonds. The molecular formula is C13H20N2S. The van der Waals surface area contributed by atoms with Crippen molar-refractivity contribution in [1.82, 2.24) is 5.32 Å². The summed E-state index contributed by atoms with van der Waals surface area (Å²) in [5.41, 5.74) is 8.49. The minimum Gasteiger partial charge on any atom is -0.361 e. The molecule has 0 aliphatic heterocycles. The first-order valence-corrected chi connectivity index (χ1v) is 5.84. The van der Waals surface area contributed by atoms with E-state index in [0.717, 1.165) is 5.56 Å². The standard InChI is InChI=1S/C13H20N2S/c1-9(16)15-12(14)10-5-7-11(8-6-10)13(2,3)4/h5-8,12H,14H2,1-4H3,(H,15,16). The molecule has 1 unspecified atom stereocenters. The average molecular weight is 236 g/mol. The second-order valence-corrected chi connectivity index (χ2v) is 5.66. The number of hydrogen-bond donors (Lipinski definition) is 2. The highest BCUT2D eigenvalue weighted by Gasteiger charge is 2.13. The molecule has 2 nitrogen and oxygen atoms in total. The molecule has 0 aromatic heterocycles. The van der Waals surface area contributed by atoms with Crippen molar-refractivity contribution in [1.29, 1.82) is 0 Å². The number of nitrogens with two attached hydrogens (primary N) is 1. The Morgan fingerprint density at radius 3 is 2.12 bits per heavy atom. The van der Waals surface area contributed by atoms with Crippen molar-refractivity contribution in [2.45, 2.75) is 39.3 Å². The van der Waals surface area contributed by atoms with Crippen LogP contribution >= 0.6 is 12.2 Å². The highest BCUT2D eigenvalue weighted by molar-refractivity contribution is 7.80. The van der Waals surface area contributed by atoms with Gasteiger partial charge in [-0.15, -0.1) is 0 Å². The smallest absolute Gasteiger partial charge is 0.101 e. The second kappa shape index (κ2) is 4.93. The van der Waals surface area contributed by atoms with Gasteiger partial charge in [0.15, 0.2) is 0 Å². The molecule has 0 saturated carbocycles. The second-order valence-electron chi connectivity index (χ2n) is 5.05. The molecule has 0 saturated heterocycles. The van der Waals surface area contributed by atoms with Crippen LogP contribution in [0.4, 0.5) is 0 Å². The minimum atomic E-state index is -0.216. The predicted octanol–water partition coefficient (Wildman–Crippen LogP) is 2.88. The Bertz CT molecular complexity index is 363. The van der Waals surface area contributed by atoms with Crippen molar-refractivity contribution in [2.24, 2.45) is 5.73 Å². The minimum absolute atomic E-state index is 0.177. The fraction of sp³-hybridized carbons (Fsp3) is 0.462. The molecule has 1 rings (SSSR count). The molecule has 1 aromatic carbocycles. The molecule has 3 heteroatoms. The molecule has 16 heavy (non-hydrogen) atoms. The van der Waals surface area contributed by atoms with Gasteiger partial charge in [0.05, 0.1) is 4.99 Å². The molecule has 0 aliphatic rings. The van der Waals surface area contributed by atoms with Gasteiger partial charge in [-0.05, 0) is 23.5 Å². The monoisotopic (exact) mass is 236 g/mol. The van der Waals surface area contributed by atoms with Gasteiger partial charge in [-0.3, -0.25) is 0 Å². The van der Waals surface area contributed by atoms with Gasteiger partial charge in [0.2, 0.25) is 0 Å². The van der Waals surface area contributed by atoms with Crippen LogP contribution in [0.1, 0.15) is 45.0 Å². The number of benzene rings is 1. The molecule has 0 bridgehead atoms. The van der Waals surface area contributed by atoms with Gasteiger partial charge in [0, 0.05) is 0 Å². The van der Waals surface area contributed by atoms with Gasteiger partial charge in [0.25, 0.3) is 0 Å². The summed E-state index contributed by atoms with van der Waals surface area (Å²) in [4.78, 5) is 0.715. The number of nitrogens with one attached hydrogen (secondary N) is 1. The van der Waals surface area contributed by atoms with E-state index in [0.29, 0.717) is 4.99 Å². The molecule has 0 spiro atoms. The summed E-state index contributed by atoms with van der Waals surface area (Å²) in [7, 11) is 0. The zero-order valence-corrected chi connectivity index (χ0v) is 11.2. The summed E-state index contributed by atoms with van der Waals surface area (Å²) in [5.74, 6) is 0. The molecule has 3 N–H and O–H groups in total. The van der Waals surface area contributed by atoms with Crippen LogP contribution in [0.3, 0.4) is 0 Å². The molecule has 88 valence electrons. The number of thiocarbonyl (C=S) groups is 1. The van der Waals surface area contributed by atoms with Crippen molar-refractivity contribution in [3.05, 3.63) is 35.4 Å². The van der Waals surface area contributed by atoms with E-state index in [4.69, 9.17) is 18.0 Å². The summed E-state index contributed by atoms with van der Waals surface area (Å²) >= 11 is 4.97. The van der Waals surface area contributed by atoms with E-state index in [1.807, 2.05) is 6.92 Å². The van der Waals surface area contributed by atoms with E-state index >= 15 is 0 Å².